The van der Waals surface area contributed by atoms with E-state index < -0.39 is 0 Å². The molecule has 0 aliphatic rings. The number of aliphatic hydroxyl groups excluding tert-OH is 1. The Hall–Kier alpha value is -0.0500. The van der Waals surface area contributed by atoms with Crippen molar-refractivity contribution >= 4 is 11.6 Å². The fourth-order valence-corrected chi connectivity index (χ4v) is 0.631. The van der Waals surface area contributed by atoms with E-state index in [9.17, 15) is 5.11 Å². The first-order valence-corrected chi connectivity index (χ1v) is 4.52. The van der Waals surface area contributed by atoms with Crippen molar-refractivity contribution in [1.29, 1.82) is 0 Å². The SMILES string of the molecule is CC(=CCl)CNC(C)(C)C(C)O. The van der Waals surface area contributed by atoms with E-state index in [1.165, 1.54) is 0 Å². The predicted molar refractivity (Wildman–Crippen MR) is 53.4 cm³/mol. The predicted octanol–water partition coefficient (Wildman–Crippen LogP) is 1.88. The van der Waals surface area contributed by atoms with Crippen molar-refractivity contribution in [2.24, 2.45) is 0 Å². The Morgan fingerprint density at radius 2 is 2.17 bits per heavy atom. The molecule has 0 saturated carbocycles. The Balaban J connectivity index is 3.92. The smallest absolute Gasteiger partial charge is 0.0688 e. The molecule has 2 nitrogen and oxygen atoms in total. The summed E-state index contributed by atoms with van der Waals surface area (Å²) in [7, 11) is 0. The van der Waals surface area contributed by atoms with Gasteiger partial charge in [-0.25, -0.2) is 0 Å². The van der Waals surface area contributed by atoms with Crippen LogP contribution in [-0.4, -0.2) is 23.3 Å². The van der Waals surface area contributed by atoms with Gasteiger partial charge in [0.25, 0.3) is 0 Å². The van der Waals surface area contributed by atoms with E-state index in [2.05, 4.69) is 5.32 Å². The summed E-state index contributed by atoms with van der Waals surface area (Å²) in [6.45, 7) is 8.34. The number of hydrogen-bond donors (Lipinski definition) is 2. The third kappa shape index (κ3) is 4.10. The molecule has 12 heavy (non-hydrogen) atoms. The van der Waals surface area contributed by atoms with E-state index in [4.69, 9.17) is 11.6 Å². The molecule has 0 aliphatic carbocycles. The monoisotopic (exact) mass is 191 g/mol. The highest BCUT2D eigenvalue weighted by Crippen LogP contribution is 2.08. The molecular weight excluding hydrogens is 174 g/mol. The van der Waals surface area contributed by atoms with Gasteiger partial charge in [-0.3, -0.25) is 0 Å². The summed E-state index contributed by atoms with van der Waals surface area (Å²) in [5, 5.41) is 12.6. The molecule has 0 bridgehead atoms. The first kappa shape index (κ1) is 11.9. The van der Waals surface area contributed by atoms with Crippen molar-refractivity contribution in [3.05, 3.63) is 11.1 Å². The van der Waals surface area contributed by atoms with E-state index in [0.29, 0.717) is 6.54 Å². The number of halogens is 1. The van der Waals surface area contributed by atoms with E-state index >= 15 is 0 Å². The minimum atomic E-state index is -0.374. The second-order valence-corrected chi connectivity index (χ2v) is 3.92. The van der Waals surface area contributed by atoms with E-state index in [1.54, 1.807) is 12.5 Å². The average Bonchev–Trinajstić information content (AvgIpc) is 2.00. The van der Waals surface area contributed by atoms with Crippen LogP contribution in [0.25, 0.3) is 0 Å². The lowest BCUT2D eigenvalue weighted by Crippen LogP contribution is -2.48. The van der Waals surface area contributed by atoms with Gasteiger partial charge >= 0.3 is 0 Å². The Bertz CT molecular complexity index is 164. The molecule has 0 spiro atoms. The lowest BCUT2D eigenvalue weighted by atomic mass is 9.98. The van der Waals surface area contributed by atoms with Crippen LogP contribution in [0.3, 0.4) is 0 Å². The van der Waals surface area contributed by atoms with Gasteiger partial charge in [0, 0.05) is 17.6 Å². The molecule has 0 aromatic rings. The zero-order valence-corrected chi connectivity index (χ0v) is 8.94. The highest BCUT2D eigenvalue weighted by atomic mass is 35.5. The van der Waals surface area contributed by atoms with Crippen molar-refractivity contribution in [2.75, 3.05) is 6.54 Å². The van der Waals surface area contributed by atoms with E-state index in [0.717, 1.165) is 5.57 Å². The van der Waals surface area contributed by atoms with Gasteiger partial charge in [-0.05, 0) is 33.3 Å². The van der Waals surface area contributed by atoms with Crippen LogP contribution in [0.1, 0.15) is 27.7 Å². The third-order valence-corrected chi connectivity index (χ3v) is 2.43. The largest absolute Gasteiger partial charge is 0.392 e. The Morgan fingerprint density at radius 1 is 1.67 bits per heavy atom. The number of nitrogens with one attached hydrogen (secondary N) is 1. The van der Waals surface area contributed by atoms with Crippen LogP contribution in [0.5, 0.6) is 0 Å². The summed E-state index contributed by atoms with van der Waals surface area (Å²) in [5.74, 6) is 0. The number of hydrogen-bond acceptors (Lipinski definition) is 2. The minimum absolute atomic E-state index is 0.263. The molecule has 1 atom stereocenters. The summed E-state index contributed by atoms with van der Waals surface area (Å²) in [4.78, 5) is 0. The van der Waals surface area contributed by atoms with Gasteiger partial charge in [-0.1, -0.05) is 11.6 Å². The Labute approximate surface area is 79.6 Å². The van der Waals surface area contributed by atoms with Gasteiger partial charge in [-0.2, -0.15) is 0 Å². The molecule has 72 valence electrons. The molecule has 0 amide bonds. The van der Waals surface area contributed by atoms with Crippen LogP contribution in [0.4, 0.5) is 0 Å². The third-order valence-electron chi connectivity index (χ3n) is 2.05. The van der Waals surface area contributed by atoms with Crippen molar-refractivity contribution in [3.63, 3.8) is 0 Å². The second kappa shape index (κ2) is 4.85. The molecule has 0 aliphatic heterocycles. The molecule has 0 radical (unpaired) electrons. The first-order chi connectivity index (χ1) is 5.40. The summed E-state index contributed by atoms with van der Waals surface area (Å²) in [6.07, 6.45) is -0.374. The van der Waals surface area contributed by atoms with Crippen molar-refractivity contribution in [3.8, 4) is 0 Å². The maximum Gasteiger partial charge on any atom is 0.0688 e. The molecule has 1 unspecified atom stereocenters. The van der Waals surface area contributed by atoms with Gasteiger partial charge in [0.05, 0.1) is 6.10 Å². The highest BCUT2D eigenvalue weighted by Gasteiger charge is 2.22. The number of aliphatic hydroxyl groups is 1. The lowest BCUT2D eigenvalue weighted by Gasteiger charge is -2.29. The lowest BCUT2D eigenvalue weighted by molar-refractivity contribution is 0.0989. The highest BCUT2D eigenvalue weighted by molar-refractivity contribution is 6.25. The van der Waals surface area contributed by atoms with Gasteiger partial charge in [0.1, 0.15) is 0 Å². The first-order valence-electron chi connectivity index (χ1n) is 4.09. The minimum Gasteiger partial charge on any atom is -0.392 e. The zero-order valence-electron chi connectivity index (χ0n) is 8.19. The quantitative estimate of drug-likeness (QED) is 0.712. The summed E-state index contributed by atoms with van der Waals surface area (Å²) in [5.41, 5.74) is 2.34. The normalized spacial score (nSPS) is 16.3. The van der Waals surface area contributed by atoms with Crippen LogP contribution in [-0.2, 0) is 0 Å². The standard InChI is InChI=1S/C9H18ClNO/c1-7(5-10)6-11-9(3,4)8(2)12/h5,8,11-12H,6H2,1-4H3. The van der Waals surface area contributed by atoms with Crippen LogP contribution in [0.2, 0.25) is 0 Å². The molecule has 0 fully saturated rings. The average molecular weight is 192 g/mol. The molecule has 0 heterocycles. The van der Waals surface area contributed by atoms with Crippen LogP contribution in [0.15, 0.2) is 11.1 Å². The van der Waals surface area contributed by atoms with E-state index in [1.807, 2.05) is 20.8 Å². The Morgan fingerprint density at radius 3 is 2.50 bits per heavy atom. The van der Waals surface area contributed by atoms with Gasteiger partial charge < -0.3 is 10.4 Å². The fraction of sp³-hybridized carbons (Fsp3) is 0.778. The molecular formula is C9H18ClNO. The summed E-state index contributed by atoms with van der Waals surface area (Å²) in [6, 6.07) is 0. The fourth-order valence-electron chi connectivity index (χ4n) is 0.554. The summed E-state index contributed by atoms with van der Waals surface area (Å²) < 4.78 is 0. The van der Waals surface area contributed by atoms with Crippen molar-refractivity contribution < 1.29 is 5.11 Å². The Kier molecular flexibility index (Phi) is 4.83. The second-order valence-electron chi connectivity index (χ2n) is 3.71. The van der Waals surface area contributed by atoms with Gasteiger partial charge in [0.15, 0.2) is 0 Å². The maximum absolute atomic E-state index is 9.35. The molecule has 0 saturated heterocycles. The molecule has 2 N–H and O–H groups in total. The zero-order chi connectivity index (χ0) is 9.78. The molecule has 0 rings (SSSR count). The maximum atomic E-state index is 9.35. The summed E-state index contributed by atoms with van der Waals surface area (Å²) >= 11 is 5.50. The van der Waals surface area contributed by atoms with Crippen LogP contribution < -0.4 is 5.32 Å². The van der Waals surface area contributed by atoms with Gasteiger partial charge in [0.2, 0.25) is 0 Å². The van der Waals surface area contributed by atoms with E-state index in [-0.39, 0.29) is 11.6 Å². The van der Waals surface area contributed by atoms with Crippen LogP contribution >= 0.6 is 11.6 Å². The topological polar surface area (TPSA) is 32.3 Å². The van der Waals surface area contributed by atoms with Crippen molar-refractivity contribution in [1.82, 2.24) is 5.32 Å². The van der Waals surface area contributed by atoms with Crippen LogP contribution in [0, 0.1) is 0 Å². The number of rotatable bonds is 4. The van der Waals surface area contributed by atoms with Crippen molar-refractivity contribution in [2.45, 2.75) is 39.3 Å². The molecule has 0 aromatic carbocycles. The molecule has 0 aromatic heterocycles. The van der Waals surface area contributed by atoms with Gasteiger partial charge in [-0.15, -0.1) is 0 Å². The molecule has 3 heteroatoms.